The van der Waals surface area contributed by atoms with E-state index in [9.17, 15) is 31.1 Å². The Hall–Kier alpha value is -0.400. The third-order valence-corrected chi connectivity index (χ3v) is 2.93. The number of alkyl halides is 6. The molecule has 0 aliphatic carbocycles. The summed E-state index contributed by atoms with van der Waals surface area (Å²) >= 11 is 0.499. The van der Waals surface area contributed by atoms with Crippen LogP contribution in [-0.2, 0) is 4.79 Å². The molecule has 0 saturated heterocycles. The van der Waals surface area contributed by atoms with Crippen molar-refractivity contribution in [3.05, 3.63) is 0 Å². The summed E-state index contributed by atoms with van der Waals surface area (Å²) < 4.78 is 74.7. The molecule has 0 aromatic carbocycles. The normalized spacial score (nSPS) is 13.2. The molecule has 0 spiro atoms. The van der Waals surface area contributed by atoms with E-state index in [0.29, 0.717) is 11.8 Å². The van der Waals surface area contributed by atoms with Gasteiger partial charge in [-0.1, -0.05) is 18.7 Å². The lowest BCUT2D eigenvalue weighted by Gasteiger charge is -2.26. The lowest BCUT2D eigenvalue weighted by atomic mass is 10.1. The van der Waals surface area contributed by atoms with Crippen LogP contribution in [0.4, 0.5) is 26.3 Å². The fourth-order valence-electron chi connectivity index (χ4n) is 0.921. The Morgan fingerprint density at radius 2 is 1.71 bits per heavy atom. The van der Waals surface area contributed by atoms with E-state index in [2.05, 4.69) is 0 Å². The summed E-state index contributed by atoms with van der Waals surface area (Å²) in [5.41, 5.74) is 0. The zero-order valence-electron chi connectivity index (χ0n) is 8.99. The third-order valence-electron chi connectivity index (χ3n) is 1.91. The zero-order chi connectivity index (χ0) is 13.7. The van der Waals surface area contributed by atoms with Crippen molar-refractivity contribution < 1.29 is 31.1 Å². The van der Waals surface area contributed by atoms with Crippen molar-refractivity contribution in [3.63, 3.8) is 0 Å². The zero-order valence-corrected chi connectivity index (χ0v) is 9.81. The summed E-state index contributed by atoms with van der Waals surface area (Å²) in [6.45, 7) is 1.50. The number of carbonyl (C=O) groups excluding carboxylic acids is 1. The van der Waals surface area contributed by atoms with Gasteiger partial charge in [-0.05, 0) is 0 Å². The molecule has 0 aliphatic heterocycles. The Bertz CT molecular complexity index is 256. The van der Waals surface area contributed by atoms with E-state index in [1.807, 2.05) is 0 Å². The number of rotatable bonds is 7. The van der Waals surface area contributed by atoms with Crippen molar-refractivity contribution in [2.75, 3.05) is 5.75 Å². The molecule has 1 nitrogen and oxygen atoms in total. The van der Waals surface area contributed by atoms with E-state index >= 15 is 0 Å². The molecule has 0 aromatic heterocycles. The van der Waals surface area contributed by atoms with Gasteiger partial charge in [-0.2, -0.15) is 17.6 Å². The first-order valence-electron chi connectivity index (χ1n) is 4.82. The van der Waals surface area contributed by atoms with Gasteiger partial charge in [0.2, 0.25) is 6.43 Å². The van der Waals surface area contributed by atoms with Crippen molar-refractivity contribution >= 4 is 16.9 Å². The minimum absolute atomic E-state index is 0.101. The SMILES string of the molecule is CCC(=O)SCCC(F)(F)C(F)(F)CC(F)F. The minimum Gasteiger partial charge on any atom is -0.287 e. The molecule has 0 rings (SSSR count). The van der Waals surface area contributed by atoms with Gasteiger partial charge in [0, 0.05) is 18.6 Å². The molecular formula is C9H12F6OS. The Balaban J connectivity index is 4.30. The number of hydrogen-bond acceptors (Lipinski definition) is 2. The molecule has 0 N–H and O–H groups in total. The van der Waals surface area contributed by atoms with E-state index in [4.69, 9.17) is 0 Å². The molecule has 0 bridgehead atoms. The fourth-order valence-corrected chi connectivity index (χ4v) is 1.71. The molecule has 0 amide bonds. The van der Waals surface area contributed by atoms with Crippen LogP contribution in [0.3, 0.4) is 0 Å². The van der Waals surface area contributed by atoms with E-state index in [1.165, 1.54) is 6.92 Å². The van der Waals surface area contributed by atoms with Crippen LogP contribution >= 0.6 is 11.8 Å². The molecule has 0 unspecified atom stereocenters. The standard InChI is InChI=1S/C9H12F6OS/c1-2-7(16)17-4-3-8(12,13)9(14,15)5-6(10)11/h6H,2-5H2,1H3. The molecule has 0 aromatic rings. The maximum Gasteiger partial charge on any atom is 0.315 e. The predicted molar refractivity (Wildman–Crippen MR) is 52.9 cm³/mol. The molecule has 0 aliphatic rings. The largest absolute Gasteiger partial charge is 0.315 e. The van der Waals surface area contributed by atoms with Crippen LogP contribution in [0.1, 0.15) is 26.2 Å². The first-order chi connectivity index (χ1) is 7.62. The van der Waals surface area contributed by atoms with Crippen LogP contribution in [0, 0.1) is 0 Å². The Labute approximate surface area is 98.9 Å². The topological polar surface area (TPSA) is 17.1 Å². The summed E-state index contributed by atoms with van der Waals surface area (Å²) in [5, 5.41) is -0.405. The van der Waals surface area contributed by atoms with Crippen molar-refractivity contribution in [1.82, 2.24) is 0 Å². The maximum atomic E-state index is 12.9. The minimum atomic E-state index is -4.75. The highest BCUT2D eigenvalue weighted by Gasteiger charge is 2.56. The summed E-state index contributed by atoms with van der Waals surface area (Å²) in [4.78, 5) is 10.7. The average Bonchev–Trinajstić information content (AvgIpc) is 2.14. The highest BCUT2D eigenvalue weighted by atomic mass is 32.2. The molecule has 0 fully saturated rings. The monoisotopic (exact) mass is 282 g/mol. The van der Waals surface area contributed by atoms with Gasteiger partial charge in [-0.25, -0.2) is 8.78 Å². The molecule has 0 radical (unpaired) electrons. The third kappa shape index (κ3) is 5.65. The van der Waals surface area contributed by atoms with E-state index < -0.39 is 42.0 Å². The van der Waals surface area contributed by atoms with Crippen LogP contribution in [-0.4, -0.2) is 29.1 Å². The van der Waals surface area contributed by atoms with Gasteiger partial charge in [-0.15, -0.1) is 0 Å². The van der Waals surface area contributed by atoms with Crippen LogP contribution in [0.25, 0.3) is 0 Å². The predicted octanol–water partition coefficient (Wildman–Crippen LogP) is 3.97. The summed E-state index contributed by atoms with van der Waals surface area (Å²) in [6, 6.07) is 0. The lowest BCUT2D eigenvalue weighted by Crippen LogP contribution is -2.42. The Morgan fingerprint density at radius 1 is 1.18 bits per heavy atom. The van der Waals surface area contributed by atoms with Crippen molar-refractivity contribution in [1.29, 1.82) is 0 Å². The Morgan fingerprint density at radius 3 is 2.12 bits per heavy atom. The molecule has 8 heteroatoms. The first kappa shape index (κ1) is 16.6. The van der Waals surface area contributed by atoms with Gasteiger partial charge < -0.3 is 0 Å². The van der Waals surface area contributed by atoms with Gasteiger partial charge in [0.1, 0.15) is 0 Å². The first-order valence-corrected chi connectivity index (χ1v) is 5.80. The molecule has 0 heterocycles. The molecule has 0 atom stereocenters. The maximum absolute atomic E-state index is 12.9. The van der Waals surface area contributed by atoms with Crippen molar-refractivity contribution in [2.24, 2.45) is 0 Å². The average molecular weight is 282 g/mol. The number of hydrogen-bond donors (Lipinski definition) is 0. The molecule has 0 saturated carbocycles. The van der Waals surface area contributed by atoms with E-state index in [0.717, 1.165) is 0 Å². The second-order valence-corrected chi connectivity index (χ2v) is 4.48. The van der Waals surface area contributed by atoms with Gasteiger partial charge in [0.15, 0.2) is 5.12 Å². The van der Waals surface area contributed by atoms with Gasteiger partial charge in [-0.3, -0.25) is 4.79 Å². The number of thioether (sulfide) groups is 1. The van der Waals surface area contributed by atoms with Crippen LogP contribution in [0.5, 0.6) is 0 Å². The van der Waals surface area contributed by atoms with Gasteiger partial charge >= 0.3 is 11.8 Å². The molecular weight excluding hydrogens is 270 g/mol. The number of carbonyl (C=O) groups is 1. The highest BCUT2D eigenvalue weighted by Crippen LogP contribution is 2.41. The fraction of sp³-hybridized carbons (Fsp3) is 0.889. The van der Waals surface area contributed by atoms with Crippen molar-refractivity contribution in [2.45, 2.75) is 44.5 Å². The molecule has 102 valence electrons. The Kier molecular flexibility index (Phi) is 6.36. The smallest absolute Gasteiger partial charge is 0.287 e. The second-order valence-electron chi connectivity index (χ2n) is 3.33. The van der Waals surface area contributed by atoms with Gasteiger partial charge in [0.25, 0.3) is 0 Å². The quantitative estimate of drug-likeness (QED) is 0.657. The lowest BCUT2D eigenvalue weighted by molar-refractivity contribution is -0.224. The highest BCUT2D eigenvalue weighted by molar-refractivity contribution is 8.13. The number of halogens is 6. The van der Waals surface area contributed by atoms with E-state index in [-0.39, 0.29) is 6.42 Å². The molecule has 17 heavy (non-hydrogen) atoms. The second kappa shape index (κ2) is 6.51. The summed E-state index contributed by atoms with van der Waals surface area (Å²) in [5.74, 6) is -9.79. The summed E-state index contributed by atoms with van der Waals surface area (Å²) in [7, 11) is 0. The van der Waals surface area contributed by atoms with Crippen LogP contribution in [0.2, 0.25) is 0 Å². The summed E-state index contributed by atoms with van der Waals surface area (Å²) in [6.07, 6.45) is -6.88. The van der Waals surface area contributed by atoms with E-state index in [1.54, 1.807) is 0 Å². The van der Waals surface area contributed by atoms with Crippen molar-refractivity contribution in [3.8, 4) is 0 Å². The van der Waals surface area contributed by atoms with Crippen LogP contribution < -0.4 is 0 Å². The van der Waals surface area contributed by atoms with Gasteiger partial charge in [0.05, 0.1) is 6.42 Å². The van der Waals surface area contributed by atoms with Crippen LogP contribution in [0.15, 0.2) is 0 Å².